The molecule has 20 heavy (non-hydrogen) atoms. The number of hydrogen-bond acceptors (Lipinski definition) is 4. The highest BCUT2D eigenvalue weighted by molar-refractivity contribution is 5.09. The third kappa shape index (κ3) is 2.89. The summed E-state index contributed by atoms with van der Waals surface area (Å²) in [7, 11) is 0. The highest BCUT2D eigenvalue weighted by atomic mass is 16.3. The highest BCUT2D eigenvalue weighted by Gasteiger charge is 2.50. The van der Waals surface area contributed by atoms with E-state index < -0.39 is 5.60 Å². The van der Waals surface area contributed by atoms with Crippen LogP contribution in [-0.4, -0.2) is 48.5 Å². The first-order valence-corrected chi connectivity index (χ1v) is 8.74. The van der Waals surface area contributed by atoms with Crippen LogP contribution in [0.5, 0.6) is 0 Å². The maximum Gasteiger partial charge on any atom is 0.110 e. The van der Waals surface area contributed by atoms with Crippen molar-refractivity contribution in [3.05, 3.63) is 0 Å². The Morgan fingerprint density at radius 1 is 0.600 bits per heavy atom. The van der Waals surface area contributed by atoms with E-state index in [1.54, 1.807) is 0 Å². The van der Waals surface area contributed by atoms with Crippen LogP contribution in [0.15, 0.2) is 0 Å². The van der Waals surface area contributed by atoms with E-state index in [4.69, 9.17) is 0 Å². The second-order valence-electron chi connectivity index (χ2n) is 6.89. The molecule has 116 valence electrons. The van der Waals surface area contributed by atoms with E-state index in [9.17, 15) is 5.11 Å². The molecular formula is C16H31N3O. The van der Waals surface area contributed by atoms with Crippen LogP contribution in [0.3, 0.4) is 0 Å². The lowest BCUT2D eigenvalue weighted by Crippen LogP contribution is -2.72. The Labute approximate surface area is 123 Å². The fourth-order valence-corrected chi connectivity index (χ4v) is 4.47. The monoisotopic (exact) mass is 281 g/mol. The van der Waals surface area contributed by atoms with E-state index in [2.05, 4.69) is 16.0 Å². The SMILES string of the molecule is OC(C1CCCCN1)(C1CCCCN1)C1CCCCN1. The molecule has 3 unspecified atom stereocenters. The number of hydrogen-bond donors (Lipinski definition) is 4. The minimum Gasteiger partial charge on any atom is -0.385 e. The van der Waals surface area contributed by atoms with Crippen molar-refractivity contribution in [1.29, 1.82) is 0 Å². The molecule has 4 heteroatoms. The van der Waals surface area contributed by atoms with Crippen molar-refractivity contribution in [2.24, 2.45) is 0 Å². The third-order valence-electron chi connectivity index (χ3n) is 5.61. The van der Waals surface area contributed by atoms with E-state index in [0.29, 0.717) is 0 Å². The molecule has 4 nitrogen and oxygen atoms in total. The topological polar surface area (TPSA) is 56.3 Å². The minimum absolute atomic E-state index is 0.252. The van der Waals surface area contributed by atoms with E-state index in [0.717, 1.165) is 38.9 Å². The van der Waals surface area contributed by atoms with Crippen LogP contribution < -0.4 is 16.0 Å². The van der Waals surface area contributed by atoms with Crippen molar-refractivity contribution in [2.75, 3.05) is 19.6 Å². The quantitative estimate of drug-likeness (QED) is 0.627. The van der Waals surface area contributed by atoms with Crippen molar-refractivity contribution in [3.63, 3.8) is 0 Å². The summed E-state index contributed by atoms with van der Waals surface area (Å²) < 4.78 is 0. The average Bonchev–Trinajstić information content (AvgIpc) is 2.56. The molecule has 0 radical (unpaired) electrons. The third-order valence-corrected chi connectivity index (χ3v) is 5.61. The molecule has 3 rings (SSSR count). The van der Waals surface area contributed by atoms with Crippen LogP contribution in [0.4, 0.5) is 0 Å². The fraction of sp³-hybridized carbons (Fsp3) is 1.00. The number of nitrogens with one attached hydrogen (secondary N) is 3. The molecule has 3 aliphatic heterocycles. The zero-order valence-corrected chi connectivity index (χ0v) is 12.7. The molecule has 3 saturated heterocycles. The number of rotatable bonds is 3. The second-order valence-corrected chi connectivity index (χ2v) is 6.89. The van der Waals surface area contributed by atoms with Gasteiger partial charge in [0.1, 0.15) is 5.60 Å². The Balaban J connectivity index is 1.79. The molecule has 0 aromatic heterocycles. The molecule has 3 aliphatic rings. The van der Waals surface area contributed by atoms with Crippen molar-refractivity contribution in [3.8, 4) is 0 Å². The maximum absolute atomic E-state index is 11.7. The van der Waals surface area contributed by atoms with Crippen LogP contribution in [0, 0.1) is 0 Å². The van der Waals surface area contributed by atoms with Gasteiger partial charge in [0.05, 0.1) is 0 Å². The van der Waals surface area contributed by atoms with Crippen molar-refractivity contribution < 1.29 is 5.11 Å². The van der Waals surface area contributed by atoms with E-state index in [1.807, 2.05) is 0 Å². The smallest absolute Gasteiger partial charge is 0.110 e. The zero-order valence-electron chi connectivity index (χ0n) is 12.7. The Bertz CT molecular complexity index is 247. The van der Waals surface area contributed by atoms with E-state index in [1.165, 1.54) is 38.5 Å². The van der Waals surface area contributed by atoms with Crippen LogP contribution >= 0.6 is 0 Å². The van der Waals surface area contributed by atoms with Crippen molar-refractivity contribution >= 4 is 0 Å². The molecule has 0 bridgehead atoms. The Kier molecular flexibility index (Phi) is 4.97. The van der Waals surface area contributed by atoms with Crippen LogP contribution in [0.25, 0.3) is 0 Å². The normalized spacial score (nSPS) is 39.1. The fourth-order valence-electron chi connectivity index (χ4n) is 4.47. The van der Waals surface area contributed by atoms with Gasteiger partial charge in [0.25, 0.3) is 0 Å². The molecular weight excluding hydrogens is 250 g/mol. The summed E-state index contributed by atoms with van der Waals surface area (Å²) in [6.45, 7) is 3.19. The van der Waals surface area contributed by atoms with Gasteiger partial charge in [-0.15, -0.1) is 0 Å². The molecule has 0 spiro atoms. The van der Waals surface area contributed by atoms with Gasteiger partial charge in [-0.25, -0.2) is 0 Å². The molecule has 4 N–H and O–H groups in total. The second kappa shape index (κ2) is 6.73. The van der Waals surface area contributed by atoms with Gasteiger partial charge in [-0.2, -0.15) is 0 Å². The average molecular weight is 281 g/mol. The maximum atomic E-state index is 11.7. The molecule has 3 atom stereocenters. The first kappa shape index (κ1) is 14.8. The summed E-state index contributed by atoms with van der Waals surface area (Å²) in [6, 6.07) is 0.757. The summed E-state index contributed by atoms with van der Waals surface area (Å²) in [5.74, 6) is 0. The van der Waals surface area contributed by atoms with Gasteiger partial charge in [0.2, 0.25) is 0 Å². The molecule has 0 aromatic rings. The molecule has 3 fully saturated rings. The van der Waals surface area contributed by atoms with Gasteiger partial charge in [-0.3, -0.25) is 0 Å². The summed E-state index contributed by atoms with van der Waals surface area (Å²) in [4.78, 5) is 0. The van der Waals surface area contributed by atoms with Gasteiger partial charge in [-0.1, -0.05) is 19.3 Å². The van der Waals surface area contributed by atoms with Gasteiger partial charge in [0, 0.05) is 18.1 Å². The molecule has 0 aliphatic carbocycles. The Morgan fingerprint density at radius 3 is 1.20 bits per heavy atom. The van der Waals surface area contributed by atoms with Crippen LogP contribution in [0.1, 0.15) is 57.8 Å². The minimum atomic E-state index is -0.624. The molecule has 0 saturated carbocycles. The largest absolute Gasteiger partial charge is 0.385 e. The predicted octanol–water partition coefficient (Wildman–Crippen LogP) is 1.14. The zero-order chi connectivity index (χ0) is 13.8. The summed E-state index contributed by atoms with van der Waals surface area (Å²) in [6.07, 6.45) is 10.9. The first-order chi connectivity index (χ1) is 9.82. The van der Waals surface area contributed by atoms with Crippen molar-refractivity contribution in [1.82, 2.24) is 16.0 Å². The van der Waals surface area contributed by atoms with E-state index >= 15 is 0 Å². The molecule has 3 heterocycles. The van der Waals surface area contributed by atoms with Gasteiger partial charge >= 0.3 is 0 Å². The van der Waals surface area contributed by atoms with Gasteiger partial charge in [-0.05, 0) is 58.2 Å². The molecule has 0 aromatic carbocycles. The van der Waals surface area contributed by atoms with Crippen LogP contribution in [0.2, 0.25) is 0 Å². The molecule has 0 amide bonds. The lowest BCUT2D eigenvalue weighted by atomic mass is 9.72. The van der Waals surface area contributed by atoms with Crippen LogP contribution in [-0.2, 0) is 0 Å². The Morgan fingerprint density at radius 2 is 0.950 bits per heavy atom. The van der Waals surface area contributed by atoms with Crippen molar-refractivity contribution in [2.45, 2.75) is 81.5 Å². The van der Waals surface area contributed by atoms with Gasteiger partial charge in [0.15, 0.2) is 0 Å². The van der Waals surface area contributed by atoms with E-state index in [-0.39, 0.29) is 18.1 Å². The summed E-state index contributed by atoms with van der Waals surface area (Å²) >= 11 is 0. The number of aliphatic hydroxyl groups is 1. The highest BCUT2D eigenvalue weighted by Crippen LogP contribution is 2.33. The Hall–Kier alpha value is -0.160. The lowest BCUT2D eigenvalue weighted by molar-refractivity contribution is -0.0806. The lowest BCUT2D eigenvalue weighted by Gasteiger charge is -2.51. The predicted molar refractivity (Wildman–Crippen MR) is 81.9 cm³/mol. The number of piperidine rings is 3. The first-order valence-electron chi connectivity index (χ1n) is 8.74. The summed E-state index contributed by atoms with van der Waals surface area (Å²) in [5, 5.41) is 22.6. The summed E-state index contributed by atoms with van der Waals surface area (Å²) in [5.41, 5.74) is -0.624. The standard InChI is InChI=1S/C16H31N3O/c20-16(13-7-1-4-10-17-13,14-8-2-5-11-18-14)15-9-3-6-12-19-15/h13-15,17-20H,1-12H2. The van der Waals surface area contributed by atoms with Gasteiger partial charge < -0.3 is 21.1 Å².